The summed E-state index contributed by atoms with van der Waals surface area (Å²) >= 11 is 0. The van der Waals surface area contributed by atoms with E-state index in [4.69, 9.17) is 4.42 Å². The van der Waals surface area contributed by atoms with Gasteiger partial charge in [-0.25, -0.2) is 4.52 Å². The molecule has 0 aliphatic rings. The highest BCUT2D eigenvalue weighted by Gasteiger charge is 2.14. The van der Waals surface area contributed by atoms with Crippen molar-refractivity contribution in [3.63, 3.8) is 0 Å². The molecule has 0 aliphatic carbocycles. The number of nitrogens with zero attached hydrogens (tertiary/aromatic N) is 4. The van der Waals surface area contributed by atoms with E-state index >= 15 is 0 Å². The third-order valence-corrected chi connectivity index (χ3v) is 3.38. The molecule has 5 heteroatoms. The van der Waals surface area contributed by atoms with Crippen LogP contribution in [0.1, 0.15) is 5.89 Å². The summed E-state index contributed by atoms with van der Waals surface area (Å²) in [4.78, 5) is 0. The number of fused-ring (bicyclic) bond motifs is 1. The predicted octanol–water partition coefficient (Wildman–Crippen LogP) is 3.36. The molecule has 0 radical (unpaired) electrons. The first-order chi connectivity index (χ1) is 10.3. The van der Waals surface area contributed by atoms with Crippen LogP contribution in [0.5, 0.6) is 0 Å². The standard InChI is InChI=1S/C16H12N4O/c1-11-18-19-16(21-11)14-7-3-2-6-13(14)15-8-4-5-12-9-10-17-20(12)15/h2-10H,1H3. The average Bonchev–Trinajstić information content (AvgIpc) is 3.15. The smallest absolute Gasteiger partial charge is 0.248 e. The van der Waals surface area contributed by atoms with Crippen LogP contribution in [-0.4, -0.2) is 19.8 Å². The minimum Gasteiger partial charge on any atom is -0.421 e. The van der Waals surface area contributed by atoms with Gasteiger partial charge in [-0.15, -0.1) is 10.2 Å². The van der Waals surface area contributed by atoms with E-state index in [1.807, 2.05) is 53.0 Å². The largest absolute Gasteiger partial charge is 0.421 e. The van der Waals surface area contributed by atoms with E-state index in [2.05, 4.69) is 15.3 Å². The van der Waals surface area contributed by atoms with Crippen molar-refractivity contribution in [2.75, 3.05) is 0 Å². The van der Waals surface area contributed by atoms with Crippen LogP contribution >= 0.6 is 0 Å². The molecule has 0 fully saturated rings. The number of aromatic nitrogens is 4. The zero-order chi connectivity index (χ0) is 14.2. The minimum absolute atomic E-state index is 0.521. The second-order valence-corrected chi connectivity index (χ2v) is 4.75. The SMILES string of the molecule is Cc1nnc(-c2ccccc2-c2cccc3ccnn23)o1. The fourth-order valence-corrected chi connectivity index (χ4v) is 2.45. The van der Waals surface area contributed by atoms with Gasteiger partial charge in [-0.1, -0.05) is 24.3 Å². The van der Waals surface area contributed by atoms with Crippen molar-refractivity contribution in [2.24, 2.45) is 0 Å². The molecule has 0 aliphatic heterocycles. The number of hydrogen-bond acceptors (Lipinski definition) is 4. The predicted molar refractivity (Wildman–Crippen MR) is 78.7 cm³/mol. The summed E-state index contributed by atoms with van der Waals surface area (Å²) < 4.78 is 7.48. The lowest BCUT2D eigenvalue weighted by molar-refractivity contribution is 0.533. The lowest BCUT2D eigenvalue weighted by Crippen LogP contribution is -1.95. The topological polar surface area (TPSA) is 56.2 Å². The molecular formula is C16H12N4O. The molecule has 21 heavy (non-hydrogen) atoms. The van der Waals surface area contributed by atoms with E-state index in [1.54, 1.807) is 13.1 Å². The van der Waals surface area contributed by atoms with Crippen molar-refractivity contribution in [2.45, 2.75) is 6.92 Å². The lowest BCUT2D eigenvalue weighted by Gasteiger charge is -2.08. The Hall–Kier alpha value is -2.95. The van der Waals surface area contributed by atoms with E-state index in [0.717, 1.165) is 22.3 Å². The molecule has 4 aromatic rings. The van der Waals surface area contributed by atoms with Gasteiger partial charge in [0.1, 0.15) is 0 Å². The summed E-state index contributed by atoms with van der Waals surface area (Å²) in [5.74, 6) is 1.07. The first kappa shape index (κ1) is 11.8. The molecule has 3 heterocycles. The quantitative estimate of drug-likeness (QED) is 0.563. The summed E-state index contributed by atoms with van der Waals surface area (Å²) in [5.41, 5.74) is 3.95. The van der Waals surface area contributed by atoms with Gasteiger partial charge >= 0.3 is 0 Å². The first-order valence-electron chi connectivity index (χ1n) is 6.65. The maximum Gasteiger partial charge on any atom is 0.248 e. The molecule has 0 saturated carbocycles. The Bertz CT molecular complexity index is 923. The Morgan fingerprint density at radius 2 is 1.76 bits per heavy atom. The van der Waals surface area contributed by atoms with Gasteiger partial charge in [0.25, 0.3) is 0 Å². The summed E-state index contributed by atoms with van der Waals surface area (Å²) in [6.07, 6.45) is 1.79. The lowest BCUT2D eigenvalue weighted by atomic mass is 10.0. The van der Waals surface area contributed by atoms with Gasteiger partial charge in [0.05, 0.1) is 17.4 Å². The van der Waals surface area contributed by atoms with Crippen molar-refractivity contribution in [3.8, 4) is 22.7 Å². The molecule has 0 N–H and O–H groups in total. The molecule has 3 aromatic heterocycles. The molecule has 1 aromatic carbocycles. The maximum absolute atomic E-state index is 5.57. The fourth-order valence-electron chi connectivity index (χ4n) is 2.45. The van der Waals surface area contributed by atoms with Crippen LogP contribution < -0.4 is 0 Å². The molecule has 0 saturated heterocycles. The Balaban J connectivity index is 1.99. The van der Waals surface area contributed by atoms with E-state index in [-0.39, 0.29) is 0 Å². The van der Waals surface area contributed by atoms with E-state index < -0.39 is 0 Å². The maximum atomic E-state index is 5.57. The van der Waals surface area contributed by atoms with Crippen molar-refractivity contribution >= 4 is 5.52 Å². The average molecular weight is 276 g/mol. The third-order valence-electron chi connectivity index (χ3n) is 3.38. The number of pyridine rings is 1. The van der Waals surface area contributed by atoms with Crippen molar-refractivity contribution in [1.82, 2.24) is 19.8 Å². The van der Waals surface area contributed by atoms with E-state index in [9.17, 15) is 0 Å². The van der Waals surface area contributed by atoms with Crippen LogP contribution in [0.2, 0.25) is 0 Å². The molecule has 0 bridgehead atoms. The molecule has 0 atom stereocenters. The van der Waals surface area contributed by atoms with Gasteiger partial charge in [-0.2, -0.15) is 5.10 Å². The van der Waals surface area contributed by atoms with Gasteiger partial charge in [-0.3, -0.25) is 0 Å². The van der Waals surface area contributed by atoms with Gasteiger partial charge in [0.15, 0.2) is 0 Å². The highest BCUT2D eigenvalue weighted by Crippen LogP contribution is 2.31. The van der Waals surface area contributed by atoms with Gasteiger partial charge < -0.3 is 4.42 Å². The second-order valence-electron chi connectivity index (χ2n) is 4.75. The molecule has 5 nitrogen and oxygen atoms in total. The highest BCUT2D eigenvalue weighted by atomic mass is 16.4. The Morgan fingerprint density at radius 3 is 2.57 bits per heavy atom. The van der Waals surface area contributed by atoms with Crippen LogP contribution in [0.3, 0.4) is 0 Å². The first-order valence-corrected chi connectivity index (χ1v) is 6.65. The molecule has 102 valence electrons. The minimum atomic E-state index is 0.521. The van der Waals surface area contributed by atoms with Crippen LogP contribution in [0, 0.1) is 6.92 Å². The van der Waals surface area contributed by atoms with Gasteiger partial charge in [0.2, 0.25) is 11.8 Å². The molecule has 0 spiro atoms. The fraction of sp³-hybridized carbons (Fsp3) is 0.0625. The highest BCUT2D eigenvalue weighted by molar-refractivity contribution is 5.79. The van der Waals surface area contributed by atoms with Crippen molar-refractivity contribution in [1.29, 1.82) is 0 Å². The van der Waals surface area contributed by atoms with E-state index in [0.29, 0.717) is 11.8 Å². The van der Waals surface area contributed by atoms with Gasteiger partial charge in [-0.05, 0) is 24.3 Å². The summed E-state index contributed by atoms with van der Waals surface area (Å²) in [5, 5.41) is 12.4. The molecular weight excluding hydrogens is 264 g/mol. The molecule has 4 rings (SSSR count). The zero-order valence-corrected chi connectivity index (χ0v) is 11.4. The third kappa shape index (κ3) is 1.90. The monoisotopic (exact) mass is 276 g/mol. The number of rotatable bonds is 2. The number of benzene rings is 1. The Labute approximate surface area is 120 Å². The number of hydrogen-bond donors (Lipinski definition) is 0. The second kappa shape index (κ2) is 4.56. The van der Waals surface area contributed by atoms with Crippen LogP contribution in [0.15, 0.2) is 59.1 Å². The Morgan fingerprint density at radius 1 is 0.905 bits per heavy atom. The van der Waals surface area contributed by atoms with Crippen molar-refractivity contribution < 1.29 is 4.42 Å². The number of aryl methyl sites for hydroxylation is 1. The summed E-state index contributed by atoms with van der Waals surface area (Å²) in [6.45, 7) is 1.79. The summed E-state index contributed by atoms with van der Waals surface area (Å²) in [7, 11) is 0. The van der Waals surface area contributed by atoms with E-state index in [1.165, 1.54) is 0 Å². The van der Waals surface area contributed by atoms with Crippen LogP contribution in [0.4, 0.5) is 0 Å². The normalized spacial score (nSPS) is 11.1. The zero-order valence-electron chi connectivity index (χ0n) is 11.4. The Kier molecular flexibility index (Phi) is 2.57. The van der Waals surface area contributed by atoms with Crippen molar-refractivity contribution in [3.05, 3.63) is 60.6 Å². The molecule has 0 unspecified atom stereocenters. The van der Waals surface area contributed by atoms with Gasteiger partial charge in [0, 0.05) is 18.1 Å². The van der Waals surface area contributed by atoms with Crippen LogP contribution in [-0.2, 0) is 0 Å². The van der Waals surface area contributed by atoms with Crippen LogP contribution in [0.25, 0.3) is 28.2 Å². The summed E-state index contributed by atoms with van der Waals surface area (Å²) in [6, 6.07) is 16.0. The molecule has 0 amide bonds.